The van der Waals surface area contributed by atoms with Gasteiger partial charge in [-0.2, -0.15) is 13.2 Å². The van der Waals surface area contributed by atoms with Gasteiger partial charge in [-0.05, 0) is 24.6 Å². The lowest BCUT2D eigenvalue weighted by Gasteiger charge is -2.14. The van der Waals surface area contributed by atoms with Crippen LogP contribution in [-0.4, -0.2) is 6.36 Å². The van der Waals surface area contributed by atoms with Gasteiger partial charge in [-0.1, -0.05) is 0 Å². The maximum atomic E-state index is 13.1. The topological polar surface area (TPSA) is 9.23 Å². The third-order valence-electron chi connectivity index (χ3n) is 1.77. The van der Waals surface area contributed by atoms with E-state index in [0.29, 0.717) is 6.07 Å². The smallest absolute Gasteiger partial charge is 0.403 e. The Morgan fingerprint density at radius 1 is 1.00 bits per heavy atom. The zero-order valence-electron chi connectivity index (χ0n) is 8.21. The summed E-state index contributed by atoms with van der Waals surface area (Å²) in [5.74, 6) is -2.97. The molecule has 1 nitrogen and oxygen atoms in total. The molecule has 0 aliphatic carbocycles. The molecule has 1 rings (SSSR count). The van der Waals surface area contributed by atoms with Gasteiger partial charge in [0.05, 0.1) is 5.56 Å². The van der Waals surface area contributed by atoms with Crippen LogP contribution in [0.4, 0.5) is 30.7 Å². The van der Waals surface area contributed by atoms with Crippen LogP contribution in [0.5, 0.6) is 5.75 Å². The van der Waals surface area contributed by atoms with Gasteiger partial charge < -0.3 is 4.74 Å². The minimum absolute atomic E-state index is 0.0319. The summed E-state index contributed by atoms with van der Waals surface area (Å²) in [7, 11) is 0. The Morgan fingerprint density at radius 3 is 1.94 bits per heavy atom. The number of benzene rings is 1. The van der Waals surface area contributed by atoms with Gasteiger partial charge in [0.25, 0.3) is 0 Å². The molecule has 0 atom stereocenters. The number of hydrogen-bond donors (Lipinski definition) is 0. The van der Waals surface area contributed by atoms with Crippen LogP contribution in [-0.2, 0) is 6.18 Å². The average Bonchev–Trinajstić information content (AvgIpc) is 2.08. The molecule has 0 aliphatic heterocycles. The highest BCUT2D eigenvalue weighted by molar-refractivity contribution is 5.37. The van der Waals surface area contributed by atoms with E-state index in [-0.39, 0.29) is 6.07 Å². The number of rotatable bonds is 1. The molecule has 0 aliphatic rings. The summed E-state index contributed by atoms with van der Waals surface area (Å²) in [6.45, 7) is 0.911. The maximum absolute atomic E-state index is 13.1. The van der Waals surface area contributed by atoms with Gasteiger partial charge in [0, 0.05) is 0 Å². The highest BCUT2D eigenvalue weighted by atomic mass is 19.4. The van der Waals surface area contributed by atoms with E-state index >= 15 is 0 Å². The third-order valence-corrected chi connectivity index (χ3v) is 1.77. The Balaban J connectivity index is 3.26. The summed E-state index contributed by atoms with van der Waals surface area (Å²) in [4.78, 5) is 0. The van der Waals surface area contributed by atoms with E-state index < -0.39 is 35.2 Å². The molecule has 0 bridgehead atoms. The Bertz CT molecular complexity index is 419. The van der Waals surface area contributed by atoms with Crippen molar-refractivity contribution in [2.75, 3.05) is 0 Å². The largest absolute Gasteiger partial charge is 0.573 e. The number of halogens is 7. The average molecular weight is 262 g/mol. The van der Waals surface area contributed by atoms with Gasteiger partial charge in [-0.25, -0.2) is 4.39 Å². The van der Waals surface area contributed by atoms with Crippen molar-refractivity contribution in [3.05, 3.63) is 29.1 Å². The molecule has 0 heterocycles. The summed E-state index contributed by atoms with van der Waals surface area (Å²) in [6.07, 6.45) is -10.1. The number of alkyl halides is 6. The van der Waals surface area contributed by atoms with Crippen LogP contribution in [0.3, 0.4) is 0 Å². The third kappa shape index (κ3) is 3.50. The number of aryl methyl sites for hydroxylation is 1. The van der Waals surface area contributed by atoms with E-state index in [1.807, 2.05) is 0 Å². The zero-order chi connectivity index (χ0) is 13.4. The fraction of sp³-hybridized carbons (Fsp3) is 0.333. The van der Waals surface area contributed by atoms with Gasteiger partial charge in [0.2, 0.25) is 0 Å². The summed E-state index contributed by atoms with van der Waals surface area (Å²) in [6, 6.07) is 0.369. The van der Waals surface area contributed by atoms with Gasteiger partial charge in [-0.3, -0.25) is 0 Å². The van der Waals surface area contributed by atoms with Gasteiger partial charge >= 0.3 is 12.5 Å². The Hall–Kier alpha value is -1.47. The molecule has 1 aromatic carbocycles. The van der Waals surface area contributed by atoms with Gasteiger partial charge in [-0.15, -0.1) is 13.2 Å². The Labute approximate surface area is 90.8 Å². The minimum atomic E-state index is -5.25. The standard InChI is InChI=1S/C9H5F7O/c1-4-2-5(8(11,12)13)3-6(7(4)10)17-9(14,15)16/h2-3H,1H3. The van der Waals surface area contributed by atoms with E-state index in [1.165, 1.54) is 0 Å². The first kappa shape index (κ1) is 13.6. The zero-order valence-corrected chi connectivity index (χ0v) is 8.21. The molecule has 0 aromatic heterocycles. The first-order valence-electron chi connectivity index (χ1n) is 4.14. The van der Waals surface area contributed by atoms with E-state index in [2.05, 4.69) is 4.74 Å². The van der Waals surface area contributed by atoms with Crippen molar-refractivity contribution >= 4 is 0 Å². The van der Waals surface area contributed by atoms with Crippen molar-refractivity contribution in [2.45, 2.75) is 19.5 Å². The number of ether oxygens (including phenoxy) is 1. The summed E-state index contributed by atoms with van der Waals surface area (Å²) < 4.78 is 88.5. The first-order chi connectivity index (χ1) is 7.50. The van der Waals surface area contributed by atoms with E-state index in [9.17, 15) is 30.7 Å². The summed E-state index contributed by atoms with van der Waals surface area (Å²) in [5.41, 5.74) is -1.99. The first-order valence-corrected chi connectivity index (χ1v) is 4.14. The van der Waals surface area contributed by atoms with E-state index in [1.54, 1.807) is 0 Å². The van der Waals surface area contributed by atoms with E-state index in [0.717, 1.165) is 6.92 Å². The second kappa shape index (κ2) is 4.08. The van der Waals surface area contributed by atoms with Crippen LogP contribution in [0.25, 0.3) is 0 Å². The Morgan fingerprint density at radius 2 is 1.53 bits per heavy atom. The van der Waals surface area contributed by atoms with Crippen LogP contribution >= 0.6 is 0 Å². The lowest BCUT2D eigenvalue weighted by atomic mass is 10.1. The minimum Gasteiger partial charge on any atom is -0.403 e. The fourth-order valence-electron chi connectivity index (χ4n) is 1.10. The molecule has 0 spiro atoms. The highest BCUT2D eigenvalue weighted by Gasteiger charge is 2.36. The van der Waals surface area contributed by atoms with Crippen molar-refractivity contribution in [2.24, 2.45) is 0 Å². The molecule has 17 heavy (non-hydrogen) atoms. The quantitative estimate of drug-likeness (QED) is 0.694. The van der Waals surface area contributed by atoms with Crippen molar-refractivity contribution < 1.29 is 35.5 Å². The number of hydrogen-bond acceptors (Lipinski definition) is 1. The second-order valence-corrected chi connectivity index (χ2v) is 3.15. The predicted molar refractivity (Wildman–Crippen MR) is 42.8 cm³/mol. The molecule has 0 amide bonds. The molecule has 96 valence electrons. The fourth-order valence-corrected chi connectivity index (χ4v) is 1.10. The second-order valence-electron chi connectivity index (χ2n) is 3.15. The van der Waals surface area contributed by atoms with Crippen molar-refractivity contribution in [1.82, 2.24) is 0 Å². The monoisotopic (exact) mass is 262 g/mol. The van der Waals surface area contributed by atoms with Crippen LogP contribution in [0.2, 0.25) is 0 Å². The highest BCUT2D eigenvalue weighted by Crippen LogP contribution is 2.36. The molecule has 0 saturated carbocycles. The SMILES string of the molecule is Cc1cc(C(F)(F)F)cc(OC(F)(F)F)c1F. The van der Waals surface area contributed by atoms with Gasteiger partial charge in [0.15, 0.2) is 11.6 Å². The maximum Gasteiger partial charge on any atom is 0.573 e. The van der Waals surface area contributed by atoms with Crippen molar-refractivity contribution in [3.63, 3.8) is 0 Å². The molecule has 0 unspecified atom stereocenters. The molecule has 0 radical (unpaired) electrons. The van der Waals surface area contributed by atoms with Crippen LogP contribution < -0.4 is 4.74 Å². The lowest BCUT2D eigenvalue weighted by Crippen LogP contribution is -2.19. The van der Waals surface area contributed by atoms with Crippen molar-refractivity contribution in [3.8, 4) is 5.75 Å². The van der Waals surface area contributed by atoms with Gasteiger partial charge in [0.1, 0.15) is 0 Å². The van der Waals surface area contributed by atoms with Crippen LogP contribution in [0, 0.1) is 12.7 Å². The molecule has 0 saturated heterocycles. The molecule has 8 heteroatoms. The van der Waals surface area contributed by atoms with Crippen molar-refractivity contribution in [1.29, 1.82) is 0 Å². The Kier molecular flexibility index (Phi) is 3.26. The summed E-state index contributed by atoms with van der Waals surface area (Å²) >= 11 is 0. The molecule has 0 fully saturated rings. The predicted octanol–water partition coefficient (Wildman–Crippen LogP) is 4.05. The van der Waals surface area contributed by atoms with E-state index in [4.69, 9.17) is 0 Å². The summed E-state index contributed by atoms with van der Waals surface area (Å²) in [5, 5.41) is 0. The van der Waals surface area contributed by atoms with Crippen LogP contribution in [0.15, 0.2) is 12.1 Å². The normalized spacial score (nSPS) is 12.7. The molecular formula is C9H5F7O. The lowest BCUT2D eigenvalue weighted by molar-refractivity contribution is -0.275. The molecular weight excluding hydrogens is 257 g/mol. The van der Waals surface area contributed by atoms with Crippen LogP contribution in [0.1, 0.15) is 11.1 Å². The molecule has 0 N–H and O–H groups in total. The molecule has 1 aromatic rings.